The number of benzene rings is 1. The van der Waals surface area contributed by atoms with Crippen LogP contribution in [0.4, 0.5) is 4.39 Å². The van der Waals surface area contributed by atoms with Crippen LogP contribution in [-0.4, -0.2) is 35.8 Å². The summed E-state index contributed by atoms with van der Waals surface area (Å²) >= 11 is 0. The van der Waals surface area contributed by atoms with Crippen LogP contribution in [0.5, 0.6) is 0 Å². The van der Waals surface area contributed by atoms with E-state index in [2.05, 4.69) is 12.2 Å². The molecule has 1 aromatic carbocycles. The van der Waals surface area contributed by atoms with E-state index in [1.165, 1.54) is 37.1 Å². The van der Waals surface area contributed by atoms with Gasteiger partial charge in [-0.05, 0) is 55.9 Å². The Hall–Kier alpha value is -1.91. The van der Waals surface area contributed by atoms with E-state index >= 15 is 0 Å². The number of halogens is 1. The molecule has 0 bridgehead atoms. The van der Waals surface area contributed by atoms with Crippen LogP contribution in [0.15, 0.2) is 24.3 Å². The minimum absolute atomic E-state index is 0.0794. The van der Waals surface area contributed by atoms with Crippen LogP contribution < -0.4 is 5.32 Å². The minimum atomic E-state index is -0.353. The molecule has 1 aliphatic heterocycles. The van der Waals surface area contributed by atoms with Crippen molar-refractivity contribution in [2.24, 2.45) is 11.8 Å². The van der Waals surface area contributed by atoms with E-state index in [1.807, 2.05) is 0 Å². The quantitative estimate of drug-likeness (QED) is 0.912. The van der Waals surface area contributed by atoms with Crippen LogP contribution in [0.2, 0.25) is 0 Å². The zero-order valence-corrected chi connectivity index (χ0v) is 14.8. The number of hydrogen-bond donors (Lipinski definition) is 1. The molecular weight excluding hydrogens is 319 g/mol. The predicted molar refractivity (Wildman–Crippen MR) is 94.6 cm³/mol. The molecule has 3 atom stereocenters. The third-order valence-electron chi connectivity index (χ3n) is 5.45. The summed E-state index contributed by atoms with van der Waals surface area (Å²) in [4.78, 5) is 26.9. The molecule has 136 valence electrons. The summed E-state index contributed by atoms with van der Waals surface area (Å²) < 4.78 is 13.0. The van der Waals surface area contributed by atoms with Crippen molar-refractivity contribution in [3.63, 3.8) is 0 Å². The van der Waals surface area contributed by atoms with Gasteiger partial charge in [-0.3, -0.25) is 9.59 Å². The number of amides is 2. The molecule has 0 aromatic heterocycles. The van der Waals surface area contributed by atoms with Crippen LogP contribution in [0, 0.1) is 17.7 Å². The fourth-order valence-corrected chi connectivity index (χ4v) is 4.03. The summed E-state index contributed by atoms with van der Waals surface area (Å²) in [6.45, 7) is 3.34. The molecule has 2 amide bonds. The molecule has 1 heterocycles. The number of likely N-dealkylation sites (tertiary alicyclic amines) is 1. The van der Waals surface area contributed by atoms with Gasteiger partial charge in [-0.2, -0.15) is 0 Å². The van der Waals surface area contributed by atoms with Crippen LogP contribution in [0.3, 0.4) is 0 Å². The first-order chi connectivity index (χ1) is 12.0. The Morgan fingerprint density at radius 3 is 2.60 bits per heavy atom. The summed E-state index contributed by atoms with van der Waals surface area (Å²) in [6, 6.07) is 5.88. The first-order valence-electron chi connectivity index (χ1n) is 9.38. The first-order valence-corrected chi connectivity index (χ1v) is 9.38. The van der Waals surface area contributed by atoms with Gasteiger partial charge in [0.1, 0.15) is 5.82 Å². The fourth-order valence-electron chi connectivity index (χ4n) is 4.03. The van der Waals surface area contributed by atoms with E-state index < -0.39 is 0 Å². The van der Waals surface area contributed by atoms with E-state index in [1.54, 1.807) is 4.90 Å². The van der Waals surface area contributed by atoms with Gasteiger partial charge in [-0.15, -0.1) is 0 Å². The maximum atomic E-state index is 13.0. The Bertz CT molecular complexity index is 617. The summed E-state index contributed by atoms with van der Waals surface area (Å²) in [6.07, 6.45) is 6.17. The standard InChI is InChI=1S/C20H27FN2O2/c1-14-4-2-6-18(12-14)22-19(24)16-5-3-11-23(13-16)20(25)15-7-9-17(21)10-8-15/h7-10,14,16,18H,2-6,11-13H2,1H3,(H,22,24). The van der Waals surface area contributed by atoms with Crippen LogP contribution in [0.25, 0.3) is 0 Å². The lowest BCUT2D eigenvalue weighted by Gasteiger charge is -2.34. The van der Waals surface area contributed by atoms with Gasteiger partial charge in [0, 0.05) is 24.7 Å². The van der Waals surface area contributed by atoms with Crippen molar-refractivity contribution in [2.75, 3.05) is 13.1 Å². The number of hydrogen-bond acceptors (Lipinski definition) is 2. The molecule has 1 aromatic rings. The highest BCUT2D eigenvalue weighted by atomic mass is 19.1. The van der Waals surface area contributed by atoms with Gasteiger partial charge in [-0.1, -0.05) is 19.8 Å². The second-order valence-electron chi connectivity index (χ2n) is 7.57. The monoisotopic (exact) mass is 346 g/mol. The van der Waals surface area contributed by atoms with Gasteiger partial charge in [0.05, 0.1) is 5.92 Å². The molecule has 4 nitrogen and oxygen atoms in total. The van der Waals surface area contributed by atoms with Gasteiger partial charge in [0.2, 0.25) is 5.91 Å². The predicted octanol–water partition coefficient (Wildman–Crippen LogP) is 3.37. The average molecular weight is 346 g/mol. The van der Waals surface area contributed by atoms with Crippen molar-refractivity contribution in [1.29, 1.82) is 0 Å². The molecule has 1 saturated heterocycles. The smallest absolute Gasteiger partial charge is 0.253 e. The normalized spacial score (nSPS) is 27.0. The van der Waals surface area contributed by atoms with E-state index in [4.69, 9.17) is 0 Å². The largest absolute Gasteiger partial charge is 0.353 e. The summed E-state index contributed by atoms with van der Waals surface area (Å²) in [5.74, 6) is 0.131. The lowest BCUT2D eigenvalue weighted by Crippen LogP contribution is -2.48. The zero-order valence-electron chi connectivity index (χ0n) is 14.8. The lowest BCUT2D eigenvalue weighted by molar-refractivity contribution is -0.127. The van der Waals surface area contributed by atoms with Gasteiger partial charge in [0.25, 0.3) is 5.91 Å². The number of carbonyl (C=O) groups is 2. The topological polar surface area (TPSA) is 49.4 Å². The highest BCUT2D eigenvalue weighted by Gasteiger charge is 2.30. The number of nitrogens with one attached hydrogen (secondary N) is 1. The number of nitrogens with zero attached hydrogens (tertiary/aromatic N) is 1. The first kappa shape index (κ1) is 17.9. The van der Waals surface area contributed by atoms with Crippen molar-refractivity contribution in [3.05, 3.63) is 35.6 Å². The third kappa shape index (κ3) is 4.59. The molecule has 0 radical (unpaired) electrons. The van der Waals surface area contributed by atoms with Gasteiger partial charge in [0.15, 0.2) is 0 Å². The molecule has 1 aliphatic carbocycles. The van der Waals surface area contributed by atoms with Crippen LogP contribution in [-0.2, 0) is 4.79 Å². The molecule has 3 unspecified atom stereocenters. The van der Waals surface area contributed by atoms with Crippen molar-refractivity contribution in [3.8, 4) is 0 Å². The SMILES string of the molecule is CC1CCCC(NC(=O)C2CCCN(C(=O)c3ccc(F)cc3)C2)C1. The van der Waals surface area contributed by atoms with Gasteiger partial charge >= 0.3 is 0 Å². The Labute approximate surface area is 148 Å². The maximum absolute atomic E-state index is 13.0. The fraction of sp³-hybridized carbons (Fsp3) is 0.600. The van der Waals surface area contributed by atoms with Crippen molar-refractivity contribution < 1.29 is 14.0 Å². The highest BCUT2D eigenvalue weighted by molar-refractivity contribution is 5.94. The zero-order chi connectivity index (χ0) is 17.8. The van der Waals surface area contributed by atoms with E-state index in [0.717, 1.165) is 25.7 Å². The third-order valence-corrected chi connectivity index (χ3v) is 5.45. The van der Waals surface area contributed by atoms with Crippen LogP contribution in [0.1, 0.15) is 55.8 Å². The highest BCUT2D eigenvalue weighted by Crippen LogP contribution is 2.25. The number of rotatable bonds is 3. The molecule has 1 N–H and O–H groups in total. The summed E-state index contributed by atoms with van der Waals surface area (Å²) in [5, 5.41) is 3.20. The molecular formula is C20H27FN2O2. The molecule has 0 spiro atoms. The average Bonchev–Trinajstić information content (AvgIpc) is 2.62. The number of carbonyl (C=O) groups excluding carboxylic acids is 2. The Morgan fingerprint density at radius 2 is 1.88 bits per heavy atom. The van der Waals surface area contributed by atoms with Crippen molar-refractivity contribution in [1.82, 2.24) is 10.2 Å². The van der Waals surface area contributed by atoms with Gasteiger partial charge in [-0.25, -0.2) is 4.39 Å². The molecule has 5 heteroatoms. The second kappa shape index (κ2) is 7.98. The summed E-state index contributed by atoms with van der Waals surface area (Å²) in [5.41, 5.74) is 0.476. The molecule has 25 heavy (non-hydrogen) atoms. The molecule has 3 rings (SSSR count). The lowest BCUT2D eigenvalue weighted by atomic mass is 9.86. The second-order valence-corrected chi connectivity index (χ2v) is 7.57. The molecule has 1 saturated carbocycles. The van der Waals surface area contributed by atoms with Crippen LogP contribution >= 0.6 is 0 Å². The van der Waals surface area contributed by atoms with Gasteiger partial charge < -0.3 is 10.2 Å². The maximum Gasteiger partial charge on any atom is 0.253 e. The van der Waals surface area contributed by atoms with Crippen molar-refractivity contribution in [2.45, 2.75) is 51.5 Å². The Morgan fingerprint density at radius 1 is 1.12 bits per heavy atom. The summed E-state index contributed by atoms with van der Waals surface area (Å²) in [7, 11) is 0. The van der Waals surface area contributed by atoms with E-state index in [9.17, 15) is 14.0 Å². The van der Waals surface area contributed by atoms with E-state index in [0.29, 0.717) is 24.6 Å². The number of piperidine rings is 1. The molecule has 2 fully saturated rings. The Balaban J connectivity index is 1.57. The Kier molecular flexibility index (Phi) is 5.71. The van der Waals surface area contributed by atoms with E-state index in [-0.39, 0.29) is 29.6 Å². The minimum Gasteiger partial charge on any atom is -0.353 e. The molecule has 2 aliphatic rings. The van der Waals surface area contributed by atoms with Crippen molar-refractivity contribution >= 4 is 11.8 Å².